The van der Waals surface area contributed by atoms with Crippen molar-refractivity contribution in [2.45, 2.75) is 25.7 Å². The van der Waals surface area contributed by atoms with E-state index >= 15 is 0 Å². The van der Waals surface area contributed by atoms with Crippen molar-refractivity contribution in [2.75, 3.05) is 25.1 Å². The highest BCUT2D eigenvalue weighted by Crippen LogP contribution is 2.30. The molecule has 184 valence electrons. The van der Waals surface area contributed by atoms with E-state index in [2.05, 4.69) is 10.5 Å². The Morgan fingerprint density at radius 2 is 1.66 bits per heavy atom. The number of hydrogen-bond acceptors (Lipinski definition) is 6. The van der Waals surface area contributed by atoms with Gasteiger partial charge in [0.15, 0.2) is 11.5 Å². The standard InChI is InChI=1S/C26H29N3O5S/c1-18-9-12-22(13-10-18)35(31,32)29(23-14-11-19(2)15-20(23)3)17-25(30)28-27-16-21-7-6-8-24(33-4)26(21)34-5/h6-16H,17H2,1-5H3,(H,28,30)/b27-16-. The Morgan fingerprint density at radius 3 is 2.29 bits per heavy atom. The van der Waals surface area contributed by atoms with Crippen LogP contribution in [-0.4, -0.2) is 41.3 Å². The molecule has 0 unspecified atom stereocenters. The van der Waals surface area contributed by atoms with E-state index in [9.17, 15) is 13.2 Å². The van der Waals surface area contributed by atoms with Crippen LogP contribution in [0.2, 0.25) is 0 Å². The van der Waals surface area contributed by atoms with E-state index in [0.717, 1.165) is 21.0 Å². The number of aryl methyl sites for hydroxylation is 3. The van der Waals surface area contributed by atoms with E-state index in [1.54, 1.807) is 36.4 Å². The number of rotatable bonds is 9. The first-order chi connectivity index (χ1) is 16.7. The molecule has 0 fully saturated rings. The number of sulfonamides is 1. The van der Waals surface area contributed by atoms with E-state index in [0.29, 0.717) is 22.7 Å². The Bertz CT molecular complexity index is 1340. The average molecular weight is 496 g/mol. The molecule has 0 spiro atoms. The van der Waals surface area contributed by atoms with Crippen LogP contribution in [0.3, 0.4) is 0 Å². The third-order valence-corrected chi connectivity index (χ3v) is 7.12. The molecule has 0 aliphatic rings. The highest BCUT2D eigenvalue weighted by molar-refractivity contribution is 7.92. The Hall–Kier alpha value is -3.85. The molecule has 3 rings (SSSR count). The van der Waals surface area contributed by atoms with Gasteiger partial charge >= 0.3 is 0 Å². The molecule has 0 saturated carbocycles. The van der Waals surface area contributed by atoms with Crippen LogP contribution >= 0.6 is 0 Å². The lowest BCUT2D eigenvalue weighted by Crippen LogP contribution is -2.40. The second-order valence-electron chi connectivity index (χ2n) is 7.99. The molecule has 0 heterocycles. The number of ether oxygens (including phenoxy) is 2. The number of methoxy groups -OCH3 is 2. The summed E-state index contributed by atoms with van der Waals surface area (Å²) in [6.45, 7) is 5.16. The summed E-state index contributed by atoms with van der Waals surface area (Å²) in [5.41, 5.74) is 6.07. The second-order valence-corrected chi connectivity index (χ2v) is 9.85. The first kappa shape index (κ1) is 25.8. The van der Waals surface area contributed by atoms with Crippen LogP contribution in [0.25, 0.3) is 0 Å². The summed E-state index contributed by atoms with van der Waals surface area (Å²) in [4.78, 5) is 12.9. The van der Waals surface area contributed by atoms with Crippen molar-refractivity contribution < 1.29 is 22.7 Å². The highest BCUT2D eigenvalue weighted by Gasteiger charge is 2.28. The summed E-state index contributed by atoms with van der Waals surface area (Å²) in [7, 11) is -0.984. The van der Waals surface area contributed by atoms with Gasteiger partial charge in [-0.15, -0.1) is 0 Å². The van der Waals surface area contributed by atoms with E-state index in [1.807, 2.05) is 32.9 Å². The number of carbonyl (C=O) groups is 1. The number of amides is 1. The molecule has 35 heavy (non-hydrogen) atoms. The summed E-state index contributed by atoms with van der Waals surface area (Å²) < 4.78 is 38.8. The van der Waals surface area contributed by atoms with E-state index in [1.165, 1.54) is 32.6 Å². The maximum atomic E-state index is 13.5. The molecular weight excluding hydrogens is 466 g/mol. The van der Waals surface area contributed by atoms with Gasteiger partial charge in [-0.25, -0.2) is 13.8 Å². The van der Waals surface area contributed by atoms with Gasteiger partial charge in [-0.1, -0.05) is 41.5 Å². The van der Waals surface area contributed by atoms with Crippen molar-refractivity contribution in [1.29, 1.82) is 0 Å². The van der Waals surface area contributed by atoms with Crippen molar-refractivity contribution >= 4 is 27.8 Å². The largest absolute Gasteiger partial charge is 0.493 e. The molecule has 0 aliphatic carbocycles. The van der Waals surface area contributed by atoms with Gasteiger partial charge in [-0.2, -0.15) is 5.10 Å². The van der Waals surface area contributed by atoms with Crippen molar-refractivity contribution in [3.8, 4) is 11.5 Å². The van der Waals surface area contributed by atoms with Crippen molar-refractivity contribution in [3.63, 3.8) is 0 Å². The first-order valence-electron chi connectivity index (χ1n) is 10.9. The molecule has 1 amide bonds. The zero-order valence-corrected chi connectivity index (χ0v) is 21.2. The minimum absolute atomic E-state index is 0.0977. The topological polar surface area (TPSA) is 97.3 Å². The summed E-state index contributed by atoms with van der Waals surface area (Å²) in [6, 6.07) is 17.2. The number of nitrogens with one attached hydrogen (secondary N) is 1. The number of benzene rings is 3. The third-order valence-electron chi connectivity index (χ3n) is 5.34. The third kappa shape index (κ3) is 5.99. The van der Waals surface area contributed by atoms with Crippen LogP contribution in [0.4, 0.5) is 5.69 Å². The molecule has 0 aliphatic heterocycles. The normalized spacial score (nSPS) is 11.3. The number of hydrazone groups is 1. The quantitative estimate of drug-likeness (QED) is 0.358. The van der Waals surface area contributed by atoms with Gasteiger partial charge in [-0.3, -0.25) is 9.10 Å². The fourth-order valence-corrected chi connectivity index (χ4v) is 5.06. The number of hydrogen-bond donors (Lipinski definition) is 1. The lowest BCUT2D eigenvalue weighted by atomic mass is 10.1. The Morgan fingerprint density at radius 1 is 0.971 bits per heavy atom. The van der Waals surface area contributed by atoms with Crippen LogP contribution < -0.4 is 19.2 Å². The lowest BCUT2D eigenvalue weighted by Gasteiger charge is -2.25. The predicted octanol–water partition coefficient (Wildman–Crippen LogP) is 3.97. The molecule has 0 bridgehead atoms. The molecule has 1 N–H and O–H groups in total. The minimum Gasteiger partial charge on any atom is -0.493 e. The molecule has 0 atom stereocenters. The fourth-order valence-electron chi connectivity index (χ4n) is 3.58. The summed E-state index contributed by atoms with van der Waals surface area (Å²) in [5, 5.41) is 3.99. The highest BCUT2D eigenvalue weighted by atomic mass is 32.2. The van der Waals surface area contributed by atoms with Gasteiger partial charge in [0.1, 0.15) is 6.54 Å². The van der Waals surface area contributed by atoms with Gasteiger partial charge in [0, 0.05) is 5.56 Å². The monoisotopic (exact) mass is 495 g/mol. The number of nitrogens with zero attached hydrogens (tertiary/aromatic N) is 2. The van der Waals surface area contributed by atoms with Gasteiger partial charge in [-0.05, 0) is 56.7 Å². The molecule has 9 heteroatoms. The summed E-state index contributed by atoms with van der Waals surface area (Å²) in [5.74, 6) is 0.388. The fraction of sp³-hybridized carbons (Fsp3) is 0.231. The lowest BCUT2D eigenvalue weighted by molar-refractivity contribution is -0.119. The molecule has 0 aromatic heterocycles. The van der Waals surface area contributed by atoms with Crippen molar-refractivity contribution in [3.05, 3.63) is 82.9 Å². The molecule has 0 saturated heterocycles. The summed E-state index contributed by atoms with van der Waals surface area (Å²) >= 11 is 0. The predicted molar refractivity (Wildman–Crippen MR) is 137 cm³/mol. The van der Waals surface area contributed by atoms with E-state index in [-0.39, 0.29) is 4.90 Å². The zero-order chi connectivity index (χ0) is 25.6. The maximum absolute atomic E-state index is 13.5. The average Bonchev–Trinajstić information content (AvgIpc) is 2.83. The first-order valence-corrected chi connectivity index (χ1v) is 12.3. The zero-order valence-electron chi connectivity index (χ0n) is 20.4. The summed E-state index contributed by atoms with van der Waals surface area (Å²) in [6.07, 6.45) is 1.41. The van der Waals surface area contributed by atoms with Gasteiger partial charge in [0.05, 0.1) is 31.0 Å². The molecule has 0 radical (unpaired) electrons. The molecular formula is C26H29N3O5S. The second kappa shape index (κ2) is 11.1. The number of carbonyl (C=O) groups excluding carboxylic acids is 1. The van der Waals surface area contributed by atoms with Crippen LogP contribution in [-0.2, 0) is 14.8 Å². The molecule has 8 nitrogen and oxygen atoms in total. The van der Waals surface area contributed by atoms with Crippen LogP contribution in [0.5, 0.6) is 11.5 Å². The van der Waals surface area contributed by atoms with Crippen molar-refractivity contribution in [2.24, 2.45) is 5.10 Å². The van der Waals surface area contributed by atoms with Crippen LogP contribution in [0, 0.1) is 20.8 Å². The molecule has 3 aromatic rings. The Labute approximate surface area is 206 Å². The van der Waals surface area contributed by atoms with E-state index in [4.69, 9.17) is 9.47 Å². The van der Waals surface area contributed by atoms with Crippen molar-refractivity contribution in [1.82, 2.24) is 5.43 Å². The molecule has 3 aromatic carbocycles. The Kier molecular flexibility index (Phi) is 8.14. The van der Waals surface area contributed by atoms with Gasteiger partial charge in [0.25, 0.3) is 15.9 Å². The van der Waals surface area contributed by atoms with E-state index < -0.39 is 22.5 Å². The van der Waals surface area contributed by atoms with Gasteiger partial charge < -0.3 is 9.47 Å². The van der Waals surface area contributed by atoms with Crippen LogP contribution in [0.1, 0.15) is 22.3 Å². The number of para-hydroxylation sites is 1. The smallest absolute Gasteiger partial charge is 0.264 e. The number of anilines is 1. The SMILES string of the molecule is COc1cccc(/C=N\NC(=O)CN(c2ccc(C)cc2C)S(=O)(=O)c2ccc(C)cc2)c1OC. The maximum Gasteiger partial charge on any atom is 0.264 e. The van der Waals surface area contributed by atoms with Crippen LogP contribution in [0.15, 0.2) is 70.7 Å². The Balaban J connectivity index is 1.89. The van der Waals surface area contributed by atoms with Gasteiger partial charge in [0.2, 0.25) is 0 Å². The minimum atomic E-state index is -4.01.